The number of likely N-dealkylation sites (tertiary alicyclic amines) is 1. The molecule has 3 heterocycles. The predicted molar refractivity (Wildman–Crippen MR) is 123 cm³/mol. The van der Waals surface area contributed by atoms with E-state index in [0.29, 0.717) is 23.5 Å². The third-order valence-corrected chi connectivity index (χ3v) is 7.02. The first-order valence-electron chi connectivity index (χ1n) is 10.6. The first-order chi connectivity index (χ1) is 14.9. The lowest BCUT2D eigenvalue weighted by Crippen LogP contribution is -2.38. The highest BCUT2D eigenvalue weighted by atomic mass is 32.1. The van der Waals surface area contributed by atoms with Crippen molar-refractivity contribution in [2.24, 2.45) is 0 Å². The summed E-state index contributed by atoms with van der Waals surface area (Å²) >= 11 is 1.43. The zero-order valence-electron chi connectivity index (χ0n) is 17.8. The van der Waals surface area contributed by atoms with Gasteiger partial charge in [0.05, 0.1) is 23.6 Å². The highest BCUT2D eigenvalue weighted by Crippen LogP contribution is 2.27. The summed E-state index contributed by atoms with van der Waals surface area (Å²) in [6, 6.07) is 8.72. The van der Waals surface area contributed by atoms with Gasteiger partial charge >= 0.3 is 0 Å². The molecule has 2 aliphatic rings. The average Bonchev–Trinajstić information content (AvgIpc) is 3.47. The summed E-state index contributed by atoms with van der Waals surface area (Å²) in [5.74, 6) is -0.283. The summed E-state index contributed by atoms with van der Waals surface area (Å²) in [6.45, 7) is 2.89. The number of carbonyl (C=O) groups is 3. The Morgan fingerprint density at radius 1 is 1.29 bits per heavy atom. The van der Waals surface area contributed by atoms with E-state index in [2.05, 4.69) is 5.32 Å². The van der Waals surface area contributed by atoms with E-state index in [1.165, 1.54) is 11.3 Å². The fourth-order valence-corrected chi connectivity index (χ4v) is 5.14. The number of benzene rings is 1. The Labute approximate surface area is 186 Å². The lowest BCUT2D eigenvalue weighted by Gasteiger charge is -2.24. The van der Waals surface area contributed by atoms with Crippen LogP contribution in [0.3, 0.4) is 0 Å². The number of hydrogen-bond acceptors (Lipinski definition) is 5. The van der Waals surface area contributed by atoms with Crippen molar-refractivity contribution in [1.29, 1.82) is 0 Å². The molecule has 0 saturated carbocycles. The molecule has 31 heavy (non-hydrogen) atoms. The molecule has 2 aromatic rings. The number of aryl methyl sites for hydroxylation is 1. The second-order valence-electron chi connectivity index (χ2n) is 8.27. The van der Waals surface area contributed by atoms with Crippen LogP contribution in [0.4, 0.5) is 5.69 Å². The zero-order chi connectivity index (χ0) is 22.1. The quantitative estimate of drug-likeness (QED) is 0.662. The molecule has 4 rings (SSSR count). The van der Waals surface area contributed by atoms with Crippen molar-refractivity contribution in [2.45, 2.75) is 38.3 Å². The number of aliphatic hydroxyl groups is 1. The van der Waals surface area contributed by atoms with Gasteiger partial charge in [-0.25, -0.2) is 0 Å². The van der Waals surface area contributed by atoms with Gasteiger partial charge in [0.1, 0.15) is 0 Å². The molecule has 0 radical (unpaired) electrons. The van der Waals surface area contributed by atoms with Crippen molar-refractivity contribution < 1.29 is 19.5 Å². The van der Waals surface area contributed by atoms with Crippen molar-refractivity contribution in [2.75, 3.05) is 24.6 Å². The minimum absolute atomic E-state index is 0.0245. The van der Waals surface area contributed by atoms with Gasteiger partial charge in [-0.3, -0.25) is 14.4 Å². The maximum atomic E-state index is 12.9. The number of anilines is 1. The Kier molecular flexibility index (Phi) is 6.16. The number of rotatable bonds is 5. The summed E-state index contributed by atoms with van der Waals surface area (Å²) < 4.78 is 1.07. The van der Waals surface area contributed by atoms with Crippen LogP contribution in [0.5, 0.6) is 0 Å². The van der Waals surface area contributed by atoms with Crippen LogP contribution in [-0.2, 0) is 4.79 Å². The molecule has 0 aliphatic carbocycles. The second-order valence-corrected chi connectivity index (χ2v) is 9.55. The zero-order valence-corrected chi connectivity index (χ0v) is 18.6. The molecule has 2 N–H and O–H groups in total. The molecule has 2 aliphatic heterocycles. The first kappa shape index (κ1) is 21.6. The molecule has 9 heteroatoms. The van der Waals surface area contributed by atoms with Gasteiger partial charge in [0.25, 0.3) is 11.8 Å². The van der Waals surface area contributed by atoms with Crippen molar-refractivity contribution in [3.05, 3.63) is 46.3 Å². The molecule has 2 saturated heterocycles. The Morgan fingerprint density at radius 3 is 2.77 bits per heavy atom. The summed E-state index contributed by atoms with van der Waals surface area (Å²) in [5.41, 5.74) is 2.11. The largest absolute Gasteiger partial charge is 0.394 e. The normalized spacial score (nSPS) is 21.0. The predicted octanol–water partition coefficient (Wildman–Crippen LogP) is 0.447. The topological polar surface area (TPSA) is 90.0 Å². The average molecular weight is 439 g/mol. The maximum absolute atomic E-state index is 12.9. The summed E-state index contributed by atoms with van der Waals surface area (Å²) in [4.78, 5) is 42.0. The van der Waals surface area contributed by atoms with Gasteiger partial charge in [-0.05, 0) is 54.4 Å². The fraction of sp³-hybridized carbons (Fsp3) is 0.409. The lowest BCUT2D eigenvalue weighted by molar-refractivity contribution is -0.117. The van der Waals surface area contributed by atoms with E-state index in [4.69, 9.17) is 0 Å². The van der Waals surface area contributed by atoms with Crippen LogP contribution in [0.1, 0.15) is 44.9 Å². The third kappa shape index (κ3) is 4.38. The van der Waals surface area contributed by atoms with Gasteiger partial charge in [-0.2, -0.15) is 0 Å². The Bertz CT molecular complexity index is 1020. The Balaban J connectivity index is 1.45. The third-order valence-electron chi connectivity index (χ3n) is 6.03. The van der Waals surface area contributed by atoms with E-state index < -0.39 is 0 Å². The molecule has 1 aromatic heterocycles. The van der Waals surface area contributed by atoms with Gasteiger partial charge < -0.3 is 20.2 Å². The van der Waals surface area contributed by atoms with Gasteiger partial charge in [-0.15, -0.1) is 11.3 Å². The highest BCUT2D eigenvalue weighted by molar-refractivity contribution is 7.21. The molecule has 1 unspecified atom stereocenters. The molecule has 3 amide bonds. The number of nitrogens with zero attached hydrogens (tertiary/aromatic N) is 2. The molecule has 2 atom stereocenters. The van der Waals surface area contributed by atoms with Crippen LogP contribution in [0.15, 0.2) is 30.3 Å². The van der Waals surface area contributed by atoms with E-state index in [1.54, 1.807) is 28.0 Å². The smallest absolute Gasteiger partial charge is 0.261 e. The van der Waals surface area contributed by atoms with Crippen molar-refractivity contribution in [1.82, 2.24) is 10.2 Å². The van der Waals surface area contributed by atoms with Gasteiger partial charge in [0.15, 0.2) is 7.85 Å². The number of carbonyl (C=O) groups excluding carboxylic acids is 3. The van der Waals surface area contributed by atoms with E-state index in [9.17, 15) is 19.5 Å². The number of aliphatic hydroxyl groups excluding tert-OH is 1. The maximum Gasteiger partial charge on any atom is 0.261 e. The van der Waals surface area contributed by atoms with Crippen LogP contribution < -0.4 is 15.0 Å². The number of amides is 3. The van der Waals surface area contributed by atoms with Crippen LogP contribution in [0.25, 0.3) is 0 Å². The van der Waals surface area contributed by atoms with Crippen LogP contribution in [0.2, 0.25) is 0 Å². The fourth-order valence-electron chi connectivity index (χ4n) is 4.37. The number of thiophene rings is 1. The van der Waals surface area contributed by atoms with Crippen LogP contribution in [0, 0.1) is 6.92 Å². The van der Waals surface area contributed by atoms with Gasteiger partial charge in [0.2, 0.25) is 5.91 Å². The van der Waals surface area contributed by atoms with E-state index >= 15 is 0 Å². The lowest BCUT2D eigenvalue weighted by atomic mass is 10.1. The molecule has 0 bridgehead atoms. The van der Waals surface area contributed by atoms with Crippen LogP contribution in [-0.4, -0.2) is 67.4 Å². The van der Waals surface area contributed by atoms with Gasteiger partial charge in [0, 0.05) is 30.8 Å². The van der Waals surface area contributed by atoms with E-state index in [0.717, 1.165) is 28.9 Å². The summed E-state index contributed by atoms with van der Waals surface area (Å²) in [6.07, 6.45) is 1.97. The standard InChI is InChI=1S/C22H26BN3O4S/c1-13-9-15(4-5-17(13)22(30)25-8-2-3-16(25)12-27)26-11-14(10-20(26)28)24-21(29)18-6-7-19(23)31-18/h4-7,9,14,16,27H,2-3,8,10-12,23H2,1H3,(H,24,29)/t14?,16-/m1/s1. The van der Waals surface area contributed by atoms with Gasteiger partial charge in [-0.1, -0.05) is 6.07 Å². The summed E-state index contributed by atoms with van der Waals surface area (Å²) in [7, 11) is 1.95. The first-order valence-corrected chi connectivity index (χ1v) is 11.4. The van der Waals surface area contributed by atoms with Crippen molar-refractivity contribution in [3.8, 4) is 0 Å². The highest BCUT2D eigenvalue weighted by Gasteiger charge is 2.33. The Morgan fingerprint density at radius 2 is 2.10 bits per heavy atom. The summed E-state index contributed by atoms with van der Waals surface area (Å²) in [5, 5.41) is 12.5. The minimum Gasteiger partial charge on any atom is -0.394 e. The van der Waals surface area contributed by atoms with Crippen molar-refractivity contribution >= 4 is 47.4 Å². The molecular formula is C22H26BN3O4S. The number of hydrogen-bond donors (Lipinski definition) is 2. The van der Waals surface area contributed by atoms with Crippen LogP contribution >= 0.6 is 11.3 Å². The van der Waals surface area contributed by atoms with Crippen molar-refractivity contribution in [3.63, 3.8) is 0 Å². The molecule has 162 valence electrons. The van der Waals surface area contributed by atoms with E-state index in [-0.39, 0.29) is 42.8 Å². The second kappa shape index (κ2) is 8.84. The minimum atomic E-state index is -0.251. The van der Waals surface area contributed by atoms with E-state index in [1.807, 2.05) is 26.9 Å². The molecule has 2 fully saturated rings. The number of nitrogens with one attached hydrogen (secondary N) is 1. The molecule has 7 nitrogen and oxygen atoms in total. The molecule has 1 aromatic carbocycles. The Hall–Kier alpha value is -2.65. The SMILES string of the molecule is Bc1ccc(C(=O)NC2CC(=O)N(c3ccc(C(=O)N4CCC[C@@H]4CO)c(C)c3)C2)s1. The monoisotopic (exact) mass is 439 g/mol. The molecule has 0 spiro atoms. The molecular weight excluding hydrogens is 413 g/mol.